The normalized spacial score (nSPS) is 12.0. The zero-order chi connectivity index (χ0) is 17.7. The van der Waals surface area contributed by atoms with Crippen molar-refractivity contribution in [1.29, 1.82) is 0 Å². The van der Waals surface area contributed by atoms with Crippen molar-refractivity contribution in [2.45, 2.75) is 116 Å². The third kappa shape index (κ3) is 18.0. The summed E-state index contributed by atoms with van der Waals surface area (Å²) in [4.78, 5) is 0. The van der Waals surface area contributed by atoms with E-state index in [0.717, 1.165) is 6.42 Å². The van der Waals surface area contributed by atoms with Gasteiger partial charge in [0, 0.05) is 6.54 Å². The molecule has 0 aliphatic heterocycles. The third-order valence-corrected chi connectivity index (χ3v) is 4.99. The Morgan fingerprint density at radius 1 is 0.667 bits per heavy atom. The number of aliphatic hydroxyl groups excluding tert-OH is 1. The van der Waals surface area contributed by atoms with Gasteiger partial charge in [0.05, 0.1) is 6.61 Å². The Kier molecular flexibility index (Phi) is 20.4. The molecule has 0 atom stereocenters. The quantitative estimate of drug-likeness (QED) is 0.208. The number of rotatable bonds is 19. The Hall–Kier alpha value is -0.340. The first-order valence-corrected chi connectivity index (χ1v) is 10.8. The highest BCUT2D eigenvalue weighted by Crippen LogP contribution is 2.14. The van der Waals surface area contributed by atoms with Crippen molar-refractivity contribution in [2.24, 2.45) is 5.73 Å². The van der Waals surface area contributed by atoms with Gasteiger partial charge in [0.15, 0.2) is 0 Å². The molecular formula is C22H45NO. The molecule has 0 rings (SSSR count). The predicted molar refractivity (Wildman–Crippen MR) is 108 cm³/mol. The van der Waals surface area contributed by atoms with Crippen molar-refractivity contribution >= 4 is 0 Å². The molecule has 0 unspecified atom stereocenters. The highest BCUT2D eigenvalue weighted by Gasteiger charge is 1.96. The zero-order valence-electron chi connectivity index (χ0n) is 16.5. The molecule has 144 valence electrons. The SMILES string of the molecule is CCCCCCCCCCCCCCCCCCC(=CCO)CN. The molecule has 0 aromatic heterocycles. The first kappa shape index (κ1) is 23.7. The molecule has 0 saturated carbocycles. The summed E-state index contributed by atoms with van der Waals surface area (Å²) in [6, 6.07) is 0. The summed E-state index contributed by atoms with van der Waals surface area (Å²) in [6.45, 7) is 3.01. The van der Waals surface area contributed by atoms with Gasteiger partial charge in [-0.3, -0.25) is 0 Å². The van der Waals surface area contributed by atoms with Crippen LogP contribution in [0.1, 0.15) is 116 Å². The van der Waals surface area contributed by atoms with Crippen molar-refractivity contribution in [3.63, 3.8) is 0 Å². The fourth-order valence-corrected chi connectivity index (χ4v) is 3.32. The summed E-state index contributed by atoms with van der Waals surface area (Å²) in [5.74, 6) is 0. The molecule has 0 aromatic carbocycles. The van der Waals surface area contributed by atoms with Crippen LogP contribution in [0.15, 0.2) is 11.6 Å². The maximum atomic E-state index is 8.87. The molecule has 0 heterocycles. The Bertz CT molecular complexity index is 263. The lowest BCUT2D eigenvalue weighted by Gasteiger charge is -2.05. The average Bonchev–Trinajstić information content (AvgIpc) is 2.60. The van der Waals surface area contributed by atoms with Gasteiger partial charge in [-0.05, 0) is 12.8 Å². The van der Waals surface area contributed by atoms with E-state index in [2.05, 4.69) is 6.92 Å². The monoisotopic (exact) mass is 339 g/mol. The Balaban J connectivity index is 3.11. The van der Waals surface area contributed by atoms with E-state index in [0.29, 0.717) is 6.54 Å². The third-order valence-electron chi connectivity index (χ3n) is 4.99. The highest BCUT2D eigenvalue weighted by molar-refractivity contribution is 5.03. The lowest BCUT2D eigenvalue weighted by atomic mass is 10.0. The van der Waals surface area contributed by atoms with Gasteiger partial charge in [-0.25, -0.2) is 0 Å². The number of unbranched alkanes of at least 4 members (excludes halogenated alkanes) is 15. The molecule has 2 nitrogen and oxygen atoms in total. The molecule has 2 heteroatoms. The van der Waals surface area contributed by atoms with E-state index in [4.69, 9.17) is 10.8 Å². The Morgan fingerprint density at radius 2 is 1.04 bits per heavy atom. The van der Waals surface area contributed by atoms with Crippen LogP contribution in [-0.2, 0) is 0 Å². The van der Waals surface area contributed by atoms with Gasteiger partial charge >= 0.3 is 0 Å². The Morgan fingerprint density at radius 3 is 1.38 bits per heavy atom. The van der Waals surface area contributed by atoms with E-state index in [1.54, 1.807) is 0 Å². The number of hydrogen-bond acceptors (Lipinski definition) is 2. The summed E-state index contributed by atoms with van der Waals surface area (Å²) in [6.07, 6.45) is 25.4. The van der Waals surface area contributed by atoms with Gasteiger partial charge in [0.1, 0.15) is 0 Å². The van der Waals surface area contributed by atoms with E-state index in [9.17, 15) is 0 Å². The molecule has 0 spiro atoms. The van der Waals surface area contributed by atoms with Crippen LogP contribution in [0.3, 0.4) is 0 Å². The number of nitrogens with two attached hydrogens (primary N) is 1. The van der Waals surface area contributed by atoms with E-state index in [1.165, 1.54) is 108 Å². The number of hydrogen-bond donors (Lipinski definition) is 2. The van der Waals surface area contributed by atoms with E-state index in [1.807, 2.05) is 6.08 Å². The van der Waals surface area contributed by atoms with Gasteiger partial charge in [0.25, 0.3) is 0 Å². The molecule has 0 fully saturated rings. The van der Waals surface area contributed by atoms with Gasteiger partial charge in [-0.2, -0.15) is 0 Å². The first-order valence-electron chi connectivity index (χ1n) is 10.8. The van der Waals surface area contributed by atoms with Gasteiger partial charge < -0.3 is 10.8 Å². The molecule has 24 heavy (non-hydrogen) atoms. The molecule has 0 amide bonds. The average molecular weight is 340 g/mol. The lowest BCUT2D eigenvalue weighted by Crippen LogP contribution is -2.04. The van der Waals surface area contributed by atoms with Crippen LogP contribution in [0.5, 0.6) is 0 Å². The fourth-order valence-electron chi connectivity index (χ4n) is 3.32. The molecule has 0 saturated heterocycles. The summed E-state index contributed by atoms with van der Waals surface area (Å²) < 4.78 is 0. The summed E-state index contributed by atoms with van der Waals surface area (Å²) >= 11 is 0. The maximum absolute atomic E-state index is 8.87. The lowest BCUT2D eigenvalue weighted by molar-refractivity contribution is 0.341. The fraction of sp³-hybridized carbons (Fsp3) is 0.909. The number of aliphatic hydroxyl groups is 1. The minimum atomic E-state index is 0.130. The second kappa shape index (κ2) is 20.7. The standard InChI is InChI=1S/C22H45NO/c1-2-3-4-5-6-7-8-9-10-11-12-13-14-15-16-17-18-22(21-23)19-20-24/h19,24H,2-18,20-21,23H2,1H3. The molecule has 0 aliphatic carbocycles. The minimum absolute atomic E-state index is 0.130. The van der Waals surface area contributed by atoms with Crippen molar-refractivity contribution in [3.05, 3.63) is 11.6 Å². The van der Waals surface area contributed by atoms with Crippen LogP contribution in [0.4, 0.5) is 0 Å². The predicted octanol–water partition coefficient (Wildman–Crippen LogP) is 6.52. The molecule has 3 N–H and O–H groups in total. The highest BCUT2D eigenvalue weighted by atomic mass is 16.2. The minimum Gasteiger partial charge on any atom is -0.392 e. The van der Waals surface area contributed by atoms with Gasteiger partial charge in [-0.1, -0.05) is 115 Å². The van der Waals surface area contributed by atoms with Gasteiger partial charge in [-0.15, -0.1) is 0 Å². The maximum Gasteiger partial charge on any atom is 0.0615 e. The van der Waals surface area contributed by atoms with Crippen LogP contribution in [0.25, 0.3) is 0 Å². The topological polar surface area (TPSA) is 46.2 Å². The van der Waals surface area contributed by atoms with Crippen molar-refractivity contribution in [2.75, 3.05) is 13.2 Å². The molecule has 0 bridgehead atoms. The van der Waals surface area contributed by atoms with Crippen LogP contribution in [0, 0.1) is 0 Å². The summed E-state index contributed by atoms with van der Waals surface area (Å²) in [5, 5.41) is 8.87. The molecule has 0 aromatic rings. The van der Waals surface area contributed by atoms with Crippen molar-refractivity contribution < 1.29 is 5.11 Å². The van der Waals surface area contributed by atoms with E-state index >= 15 is 0 Å². The van der Waals surface area contributed by atoms with Crippen molar-refractivity contribution in [3.8, 4) is 0 Å². The van der Waals surface area contributed by atoms with E-state index < -0.39 is 0 Å². The van der Waals surface area contributed by atoms with Crippen LogP contribution < -0.4 is 5.73 Å². The largest absolute Gasteiger partial charge is 0.392 e. The van der Waals surface area contributed by atoms with Crippen LogP contribution >= 0.6 is 0 Å². The molecule has 0 aliphatic rings. The first-order chi connectivity index (χ1) is 11.8. The van der Waals surface area contributed by atoms with Gasteiger partial charge in [0.2, 0.25) is 0 Å². The molecule has 0 radical (unpaired) electrons. The van der Waals surface area contributed by atoms with Crippen molar-refractivity contribution in [1.82, 2.24) is 0 Å². The summed E-state index contributed by atoms with van der Waals surface area (Å²) in [5.41, 5.74) is 6.86. The van der Waals surface area contributed by atoms with Crippen LogP contribution in [-0.4, -0.2) is 18.3 Å². The Labute approximate surface area is 152 Å². The van der Waals surface area contributed by atoms with Crippen LogP contribution in [0.2, 0.25) is 0 Å². The van der Waals surface area contributed by atoms with E-state index in [-0.39, 0.29) is 6.61 Å². The second-order valence-electron chi connectivity index (χ2n) is 7.30. The zero-order valence-corrected chi connectivity index (χ0v) is 16.5. The molecular weight excluding hydrogens is 294 g/mol. The second-order valence-corrected chi connectivity index (χ2v) is 7.30. The summed E-state index contributed by atoms with van der Waals surface area (Å²) in [7, 11) is 0. The smallest absolute Gasteiger partial charge is 0.0615 e.